The molecule has 2 N–H and O–H groups in total. The maximum atomic E-state index is 10.1. The van der Waals surface area contributed by atoms with Crippen molar-refractivity contribution in [3.05, 3.63) is 112 Å². The van der Waals surface area contributed by atoms with Gasteiger partial charge in [-0.2, -0.15) is 5.26 Å². The van der Waals surface area contributed by atoms with Gasteiger partial charge in [-0.1, -0.05) is 77.8 Å². The van der Waals surface area contributed by atoms with Gasteiger partial charge in [0.2, 0.25) is 0 Å². The van der Waals surface area contributed by atoms with E-state index in [9.17, 15) is 5.26 Å². The van der Waals surface area contributed by atoms with Crippen molar-refractivity contribution in [2.75, 3.05) is 23.7 Å². The fourth-order valence-electron chi connectivity index (χ4n) is 6.44. The number of likely N-dealkylation sites (tertiary alicyclic amines) is 1. The van der Waals surface area contributed by atoms with Crippen LogP contribution in [0.3, 0.4) is 0 Å². The smallest absolute Gasteiger partial charge is 0.109 e. The second-order valence-electron chi connectivity index (χ2n) is 13.2. The molecular weight excluding hydrogens is 627 g/mol. The molecule has 47 heavy (non-hydrogen) atoms. The first-order chi connectivity index (χ1) is 22.6. The number of hydrogen-bond donors (Lipinski definition) is 2. The van der Waals surface area contributed by atoms with E-state index in [0.29, 0.717) is 26.8 Å². The first kappa shape index (κ1) is 32.8. The van der Waals surface area contributed by atoms with Gasteiger partial charge in [0.05, 0.1) is 46.8 Å². The Labute approximate surface area is 286 Å². The van der Waals surface area contributed by atoms with E-state index in [1.165, 1.54) is 0 Å². The van der Waals surface area contributed by atoms with Gasteiger partial charge in [-0.3, -0.25) is 9.88 Å². The van der Waals surface area contributed by atoms with Crippen molar-refractivity contribution in [1.82, 2.24) is 24.9 Å². The lowest BCUT2D eigenvalue weighted by atomic mass is 9.98. The number of nitriles is 1. The van der Waals surface area contributed by atoms with Crippen LogP contribution in [0.15, 0.2) is 79.1 Å². The maximum Gasteiger partial charge on any atom is 0.109 e. The summed E-state index contributed by atoms with van der Waals surface area (Å²) in [4.78, 5) is 7.30. The van der Waals surface area contributed by atoms with Crippen LogP contribution in [0, 0.1) is 11.3 Å². The Morgan fingerprint density at radius 2 is 1.68 bits per heavy atom. The molecule has 0 bridgehead atoms. The average Bonchev–Trinajstić information content (AvgIpc) is 3.56. The van der Waals surface area contributed by atoms with Crippen LogP contribution in [0.25, 0.3) is 10.9 Å². The molecule has 242 valence electrons. The van der Waals surface area contributed by atoms with Crippen LogP contribution in [0.2, 0.25) is 10.0 Å². The Bertz CT molecular complexity index is 1870. The van der Waals surface area contributed by atoms with Gasteiger partial charge in [0.1, 0.15) is 11.8 Å². The second-order valence-corrected chi connectivity index (χ2v) is 14.0. The molecule has 2 atom stereocenters. The monoisotopic (exact) mass is 666 g/mol. The third-order valence-electron chi connectivity index (χ3n) is 9.10. The SMILES string of the molecule is CC[C@@H](Nc1c(C#N)cnc2c(N[C@@H](c3ccc(Cl)cc3)c3cn(C4CCN(C(C)(C)C)CC4)nn3)cc(Cl)cc12)c1ccccc1. The molecule has 3 heterocycles. The summed E-state index contributed by atoms with van der Waals surface area (Å²) in [6.07, 6.45) is 6.53. The number of nitrogens with one attached hydrogen (secondary N) is 2. The highest BCUT2D eigenvalue weighted by atomic mass is 35.5. The number of hydrogen-bond acceptors (Lipinski definition) is 7. The van der Waals surface area contributed by atoms with Gasteiger partial charge >= 0.3 is 0 Å². The molecule has 0 aliphatic carbocycles. The molecule has 1 aliphatic rings. The van der Waals surface area contributed by atoms with Crippen molar-refractivity contribution in [1.29, 1.82) is 5.26 Å². The summed E-state index contributed by atoms with van der Waals surface area (Å²) in [6.45, 7) is 11.0. The zero-order valence-corrected chi connectivity index (χ0v) is 28.7. The lowest BCUT2D eigenvalue weighted by Gasteiger charge is -2.40. The fraction of sp³-hybridized carbons (Fsp3) is 0.351. The standard InChI is InChI=1S/C37H40Cl2N8/c1-5-31(24-9-7-6-8-10-24)42-34-26(21-40)22-41-36-30(34)19-28(39)20-32(36)43-35(25-11-13-27(38)14-12-25)33-23-47(45-44-33)29-15-17-46(18-16-29)37(2,3)4/h6-14,19-20,22-23,29,31,35,43H,5,15-18H2,1-4H3,(H,41,42)/t31-,35+/m1/s1. The fourth-order valence-corrected chi connectivity index (χ4v) is 6.78. The lowest BCUT2D eigenvalue weighted by Crippen LogP contribution is -2.46. The van der Waals surface area contributed by atoms with E-state index < -0.39 is 0 Å². The molecule has 2 aromatic heterocycles. The van der Waals surface area contributed by atoms with Gasteiger partial charge in [0, 0.05) is 40.3 Å². The summed E-state index contributed by atoms with van der Waals surface area (Å²) in [5.41, 5.74) is 5.61. The summed E-state index contributed by atoms with van der Waals surface area (Å²) in [5.74, 6) is 0. The topological polar surface area (TPSA) is 94.7 Å². The van der Waals surface area contributed by atoms with Crippen molar-refractivity contribution in [2.24, 2.45) is 0 Å². The summed E-state index contributed by atoms with van der Waals surface area (Å²) in [7, 11) is 0. The van der Waals surface area contributed by atoms with Crippen LogP contribution in [0.4, 0.5) is 11.4 Å². The van der Waals surface area contributed by atoms with Crippen molar-refractivity contribution >= 4 is 45.5 Å². The molecule has 0 spiro atoms. The normalized spacial score (nSPS) is 15.7. The van der Waals surface area contributed by atoms with Gasteiger partial charge in [0.15, 0.2) is 0 Å². The average molecular weight is 668 g/mol. The highest BCUT2D eigenvalue weighted by Crippen LogP contribution is 2.38. The quantitative estimate of drug-likeness (QED) is 0.162. The minimum absolute atomic E-state index is 0.00332. The molecule has 1 saturated heterocycles. The minimum Gasteiger partial charge on any atom is -0.377 e. The number of anilines is 2. The molecule has 3 aromatic carbocycles. The first-order valence-electron chi connectivity index (χ1n) is 16.2. The summed E-state index contributed by atoms with van der Waals surface area (Å²) in [5, 5.41) is 28.7. The van der Waals surface area contributed by atoms with Gasteiger partial charge < -0.3 is 10.6 Å². The van der Waals surface area contributed by atoms with E-state index in [4.69, 9.17) is 28.2 Å². The highest BCUT2D eigenvalue weighted by molar-refractivity contribution is 6.32. The van der Waals surface area contributed by atoms with Gasteiger partial charge in [-0.15, -0.1) is 5.10 Å². The summed E-state index contributed by atoms with van der Waals surface area (Å²) >= 11 is 13.1. The molecule has 0 radical (unpaired) electrons. The van der Waals surface area contributed by atoms with Crippen LogP contribution in [0.5, 0.6) is 0 Å². The predicted octanol–water partition coefficient (Wildman–Crippen LogP) is 9.20. The highest BCUT2D eigenvalue weighted by Gasteiger charge is 2.29. The molecule has 0 amide bonds. The molecule has 8 nitrogen and oxygen atoms in total. The minimum atomic E-state index is -0.362. The molecule has 0 unspecified atom stereocenters. The van der Waals surface area contributed by atoms with Crippen LogP contribution >= 0.6 is 23.2 Å². The number of piperidine rings is 1. The predicted molar refractivity (Wildman–Crippen MR) is 191 cm³/mol. The Morgan fingerprint density at radius 3 is 2.34 bits per heavy atom. The second kappa shape index (κ2) is 13.9. The van der Waals surface area contributed by atoms with Crippen molar-refractivity contribution in [3.63, 3.8) is 0 Å². The zero-order valence-electron chi connectivity index (χ0n) is 27.2. The first-order valence-corrected chi connectivity index (χ1v) is 16.9. The summed E-state index contributed by atoms with van der Waals surface area (Å²) in [6, 6.07) is 24.0. The number of pyridine rings is 1. The van der Waals surface area contributed by atoms with E-state index >= 15 is 0 Å². The number of aromatic nitrogens is 4. The van der Waals surface area contributed by atoms with Crippen molar-refractivity contribution in [2.45, 2.75) is 70.6 Å². The Hall–Kier alpha value is -4.16. The van der Waals surface area contributed by atoms with Crippen LogP contribution in [-0.4, -0.2) is 43.5 Å². The van der Waals surface area contributed by atoms with Gasteiger partial charge in [-0.05, 0) is 75.4 Å². The molecule has 1 aliphatic heterocycles. The van der Waals surface area contributed by atoms with E-state index in [0.717, 1.165) is 60.2 Å². The van der Waals surface area contributed by atoms with Crippen LogP contribution < -0.4 is 10.6 Å². The van der Waals surface area contributed by atoms with Crippen LogP contribution in [-0.2, 0) is 0 Å². The Balaban J connectivity index is 1.37. The summed E-state index contributed by atoms with van der Waals surface area (Å²) < 4.78 is 2.02. The number of nitrogens with zero attached hydrogens (tertiary/aromatic N) is 6. The van der Waals surface area contributed by atoms with E-state index in [1.54, 1.807) is 6.20 Å². The van der Waals surface area contributed by atoms with Gasteiger partial charge in [0.25, 0.3) is 0 Å². The maximum absolute atomic E-state index is 10.1. The van der Waals surface area contributed by atoms with Crippen LogP contribution in [0.1, 0.15) is 87.5 Å². The number of fused-ring (bicyclic) bond motifs is 1. The Morgan fingerprint density at radius 1 is 0.957 bits per heavy atom. The van der Waals surface area contributed by atoms with E-state index in [2.05, 4.69) is 77.9 Å². The number of halogens is 2. The lowest BCUT2D eigenvalue weighted by molar-refractivity contribution is 0.0866. The Kier molecular flexibility index (Phi) is 9.70. The molecular formula is C37H40Cl2N8. The third kappa shape index (κ3) is 7.23. The molecule has 1 fully saturated rings. The molecule has 0 saturated carbocycles. The third-order valence-corrected chi connectivity index (χ3v) is 9.57. The zero-order chi connectivity index (χ0) is 33.1. The van der Waals surface area contributed by atoms with E-state index in [1.807, 2.05) is 59.3 Å². The van der Waals surface area contributed by atoms with Crippen molar-refractivity contribution < 1.29 is 0 Å². The molecule has 10 heteroatoms. The largest absolute Gasteiger partial charge is 0.377 e. The van der Waals surface area contributed by atoms with Crippen molar-refractivity contribution in [3.8, 4) is 6.07 Å². The van der Waals surface area contributed by atoms with E-state index in [-0.39, 0.29) is 23.7 Å². The number of rotatable bonds is 9. The molecule has 6 rings (SSSR count). The number of benzene rings is 3. The van der Waals surface area contributed by atoms with Gasteiger partial charge in [-0.25, -0.2) is 4.68 Å². The molecule has 5 aromatic rings.